The Hall–Kier alpha value is -3.12. The molecule has 1 amide bonds. The number of amides is 1. The normalized spacial score (nSPS) is 14.8. The van der Waals surface area contributed by atoms with E-state index < -0.39 is 0 Å². The Morgan fingerprint density at radius 1 is 1.00 bits per heavy atom. The number of rotatable bonds is 5. The summed E-state index contributed by atoms with van der Waals surface area (Å²) in [5.74, 6) is 2.07. The first kappa shape index (κ1) is 19.2. The molecule has 0 radical (unpaired) electrons. The summed E-state index contributed by atoms with van der Waals surface area (Å²) in [6, 6.07) is 17.4. The van der Waals surface area contributed by atoms with E-state index in [2.05, 4.69) is 16.9 Å². The number of oxazole rings is 1. The van der Waals surface area contributed by atoms with Crippen molar-refractivity contribution in [3.05, 3.63) is 60.4 Å². The van der Waals surface area contributed by atoms with Crippen molar-refractivity contribution >= 4 is 5.91 Å². The van der Waals surface area contributed by atoms with Gasteiger partial charge in [0.1, 0.15) is 17.2 Å². The summed E-state index contributed by atoms with van der Waals surface area (Å²) >= 11 is 0. The molecule has 6 heteroatoms. The molecule has 0 unspecified atom stereocenters. The standard InChI is InChI=1S/C23H25N3O3/c1-17-22(24-23(29-17)19-6-4-3-5-7-19)18-8-10-20(11-9-18)28-16-21(27)26-14-12-25(2)13-15-26/h3-11H,12-16H2,1-2H3. The maximum absolute atomic E-state index is 12.3. The molecular weight excluding hydrogens is 366 g/mol. The average molecular weight is 391 g/mol. The zero-order chi connectivity index (χ0) is 20.2. The fourth-order valence-electron chi connectivity index (χ4n) is 3.37. The van der Waals surface area contributed by atoms with Crippen molar-refractivity contribution in [2.45, 2.75) is 6.92 Å². The summed E-state index contributed by atoms with van der Waals surface area (Å²) in [7, 11) is 2.07. The minimum absolute atomic E-state index is 0.0297. The first-order valence-electron chi connectivity index (χ1n) is 9.82. The van der Waals surface area contributed by atoms with Crippen molar-refractivity contribution in [3.8, 4) is 28.5 Å². The summed E-state index contributed by atoms with van der Waals surface area (Å²) < 4.78 is 11.5. The highest BCUT2D eigenvalue weighted by molar-refractivity contribution is 5.78. The van der Waals surface area contributed by atoms with Crippen LogP contribution >= 0.6 is 0 Å². The number of hydrogen-bond donors (Lipinski definition) is 0. The molecule has 0 aliphatic carbocycles. The largest absolute Gasteiger partial charge is 0.484 e. The van der Waals surface area contributed by atoms with Gasteiger partial charge in [0.15, 0.2) is 6.61 Å². The smallest absolute Gasteiger partial charge is 0.260 e. The van der Waals surface area contributed by atoms with Crippen LogP contribution in [0.4, 0.5) is 0 Å². The highest BCUT2D eigenvalue weighted by Crippen LogP contribution is 2.29. The molecule has 0 bridgehead atoms. The van der Waals surface area contributed by atoms with Crippen molar-refractivity contribution in [2.24, 2.45) is 0 Å². The van der Waals surface area contributed by atoms with Gasteiger partial charge in [0.25, 0.3) is 5.91 Å². The molecule has 1 aromatic heterocycles. The molecule has 1 aliphatic heterocycles. The lowest BCUT2D eigenvalue weighted by atomic mass is 10.1. The second-order valence-corrected chi connectivity index (χ2v) is 7.29. The van der Waals surface area contributed by atoms with E-state index in [0.717, 1.165) is 48.8 Å². The van der Waals surface area contributed by atoms with Gasteiger partial charge in [0, 0.05) is 37.3 Å². The second-order valence-electron chi connectivity index (χ2n) is 7.29. The van der Waals surface area contributed by atoms with E-state index in [1.54, 1.807) is 0 Å². The average Bonchev–Trinajstić information content (AvgIpc) is 3.15. The van der Waals surface area contributed by atoms with Crippen LogP contribution in [0, 0.1) is 6.92 Å². The quantitative estimate of drug-likeness (QED) is 0.667. The van der Waals surface area contributed by atoms with Gasteiger partial charge in [-0.25, -0.2) is 4.98 Å². The predicted octanol–water partition coefficient (Wildman–Crippen LogP) is 3.47. The lowest BCUT2D eigenvalue weighted by Gasteiger charge is -2.32. The van der Waals surface area contributed by atoms with E-state index in [1.165, 1.54) is 0 Å². The fraction of sp³-hybridized carbons (Fsp3) is 0.304. The molecule has 4 rings (SSSR count). The summed E-state index contributed by atoms with van der Waals surface area (Å²) in [5.41, 5.74) is 2.71. The maximum atomic E-state index is 12.3. The summed E-state index contributed by atoms with van der Waals surface area (Å²) in [6.45, 7) is 5.29. The zero-order valence-electron chi connectivity index (χ0n) is 16.8. The van der Waals surface area contributed by atoms with E-state index in [0.29, 0.717) is 11.6 Å². The van der Waals surface area contributed by atoms with Gasteiger partial charge < -0.3 is 19.0 Å². The Labute approximate surface area is 170 Å². The van der Waals surface area contributed by atoms with Crippen LogP contribution in [0.5, 0.6) is 5.75 Å². The number of nitrogens with zero attached hydrogens (tertiary/aromatic N) is 3. The molecule has 150 valence electrons. The van der Waals surface area contributed by atoms with Gasteiger partial charge in [-0.05, 0) is 50.4 Å². The van der Waals surface area contributed by atoms with Crippen molar-refractivity contribution in [1.82, 2.24) is 14.8 Å². The van der Waals surface area contributed by atoms with Crippen LogP contribution in [-0.4, -0.2) is 60.5 Å². The Morgan fingerprint density at radius 3 is 2.38 bits per heavy atom. The molecule has 0 spiro atoms. The van der Waals surface area contributed by atoms with Crippen LogP contribution in [-0.2, 0) is 4.79 Å². The molecule has 6 nitrogen and oxygen atoms in total. The summed E-state index contributed by atoms with van der Waals surface area (Å²) in [4.78, 5) is 21.0. The number of piperazine rings is 1. The zero-order valence-corrected chi connectivity index (χ0v) is 16.8. The predicted molar refractivity (Wildman–Crippen MR) is 112 cm³/mol. The number of aromatic nitrogens is 1. The van der Waals surface area contributed by atoms with Gasteiger partial charge in [-0.1, -0.05) is 18.2 Å². The Morgan fingerprint density at radius 2 is 1.69 bits per heavy atom. The number of hydrogen-bond acceptors (Lipinski definition) is 5. The third kappa shape index (κ3) is 4.49. The lowest BCUT2D eigenvalue weighted by molar-refractivity contribution is -0.134. The maximum Gasteiger partial charge on any atom is 0.260 e. The summed E-state index contributed by atoms with van der Waals surface area (Å²) in [6.07, 6.45) is 0. The van der Waals surface area contributed by atoms with Crippen molar-refractivity contribution in [2.75, 3.05) is 39.8 Å². The second kappa shape index (κ2) is 8.49. The fourth-order valence-corrected chi connectivity index (χ4v) is 3.37. The van der Waals surface area contributed by atoms with Crippen LogP contribution in [0.3, 0.4) is 0 Å². The first-order chi connectivity index (χ1) is 14.1. The number of benzene rings is 2. The highest BCUT2D eigenvalue weighted by atomic mass is 16.5. The Kier molecular flexibility index (Phi) is 5.62. The van der Waals surface area contributed by atoms with Crippen LogP contribution in [0.1, 0.15) is 5.76 Å². The lowest BCUT2D eigenvalue weighted by Crippen LogP contribution is -2.48. The topological polar surface area (TPSA) is 58.8 Å². The Bertz CT molecular complexity index is 959. The van der Waals surface area contributed by atoms with Crippen LogP contribution in [0.15, 0.2) is 59.0 Å². The van der Waals surface area contributed by atoms with E-state index in [4.69, 9.17) is 9.15 Å². The van der Waals surface area contributed by atoms with Crippen LogP contribution in [0.2, 0.25) is 0 Å². The van der Waals surface area contributed by atoms with Gasteiger partial charge in [0.2, 0.25) is 5.89 Å². The van der Waals surface area contributed by atoms with Crippen molar-refractivity contribution in [3.63, 3.8) is 0 Å². The minimum atomic E-state index is 0.0297. The molecule has 2 heterocycles. The highest BCUT2D eigenvalue weighted by Gasteiger charge is 2.19. The monoisotopic (exact) mass is 391 g/mol. The third-order valence-corrected chi connectivity index (χ3v) is 5.16. The van der Waals surface area contributed by atoms with Gasteiger partial charge in [-0.2, -0.15) is 0 Å². The minimum Gasteiger partial charge on any atom is -0.484 e. The molecule has 1 fully saturated rings. The number of ether oxygens (including phenoxy) is 1. The van der Waals surface area contributed by atoms with Gasteiger partial charge in [-0.15, -0.1) is 0 Å². The molecule has 0 saturated carbocycles. The van der Waals surface area contributed by atoms with E-state index in [1.807, 2.05) is 66.4 Å². The summed E-state index contributed by atoms with van der Waals surface area (Å²) in [5, 5.41) is 0. The molecule has 0 N–H and O–H groups in total. The molecule has 0 atom stereocenters. The number of carbonyl (C=O) groups is 1. The van der Waals surface area contributed by atoms with E-state index >= 15 is 0 Å². The van der Waals surface area contributed by atoms with Gasteiger partial charge in [-0.3, -0.25) is 4.79 Å². The van der Waals surface area contributed by atoms with Crippen LogP contribution in [0.25, 0.3) is 22.7 Å². The van der Waals surface area contributed by atoms with Crippen molar-refractivity contribution in [1.29, 1.82) is 0 Å². The molecule has 1 aliphatic rings. The van der Waals surface area contributed by atoms with Gasteiger partial charge >= 0.3 is 0 Å². The molecule has 3 aromatic rings. The molecule has 2 aromatic carbocycles. The molecule has 1 saturated heterocycles. The van der Waals surface area contributed by atoms with E-state index in [-0.39, 0.29) is 12.5 Å². The third-order valence-electron chi connectivity index (χ3n) is 5.16. The molecule has 29 heavy (non-hydrogen) atoms. The van der Waals surface area contributed by atoms with Crippen LogP contribution < -0.4 is 4.74 Å². The van der Waals surface area contributed by atoms with Gasteiger partial charge in [0.05, 0.1) is 0 Å². The molecular formula is C23H25N3O3. The Balaban J connectivity index is 1.39. The number of likely N-dealkylation sites (N-methyl/N-ethyl adjacent to an activating group) is 1. The SMILES string of the molecule is Cc1oc(-c2ccccc2)nc1-c1ccc(OCC(=O)N2CCN(C)CC2)cc1. The van der Waals surface area contributed by atoms with E-state index in [9.17, 15) is 4.79 Å². The van der Waals surface area contributed by atoms with Crippen molar-refractivity contribution < 1.29 is 13.9 Å². The number of carbonyl (C=O) groups excluding carboxylic acids is 1. The first-order valence-corrected chi connectivity index (χ1v) is 9.82. The number of aryl methyl sites for hydroxylation is 1.